The molecular formula is C11H15NO2S. The Hall–Kier alpha value is -0.900. The summed E-state index contributed by atoms with van der Waals surface area (Å²) >= 11 is 1.96. The van der Waals surface area contributed by atoms with Gasteiger partial charge in [-0.1, -0.05) is 6.42 Å². The van der Waals surface area contributed by atoms with Crippen molar-refractivity contribution in [2.45, 2.75) is 24.5 Å². The molecule has 1 aliphatic rings. The van der Waals surface area contributed by atoms with Crippen molar-refractivity contribution in [2.24, 2.45) is 0 Å². The van der Waals surface area contributed by atoms with Crippen molar-refractivity contribution in [1.82, 2.24) is 5.32 Å². The molecule has 0 aliphatic carbocycles. The molecule has 1 unspecified atom stereocenters. The van der Waals surface area contributed by atoms with E-state index in [4.69, 9.17) is 4.42 Å². The van der Waals surface area contributed by atoms with E-state index < -0.39 is 0 Å². The van der Waals surface area contributed by atoms with Crippen LogP contribution in [0.15, 0.2) is 22.8 Å². The summed E-state index contributed by atoms with van der Waals surface area (Å²) in [5.74, 6) is 1.52. The van der Waals surface area contributed by atoms with Gasteiger partial charge in [0.1, 0.15) is 0 Å². The normalized spacial score (nSPS) is 21.2. The third-order valence-corrected chi connectivity index (χ3v) is 3.91. The molecule has 0 spiro atoms. The highest BCUT2D eigenvalue weighted by molar-refractivity contribution is 7.99. The van der Waals surface area contributed by atoms with Gasteiger partial charge in [-0.15, -0.1) is 0 Å². The molecule has 0 radical (unpaired) electrons. The molecule has 15 heavy (non-hydrogen) atoms. The first kappa shape index (κ1) is 10.6. The van der Waals surface area contributed by atoms with Crippen molar-refractivity contribution in [3.8, 4) is 0 Å². The molecule has 1 atom stereocenters. The lowest BCUT2D eigenvalue weighted by molar-refractivity contribution is 0.0925. The average molecular weight is 225 g/mol. The number of hydrogen-bond acceptors (Lipinski definition) is 3. The van der Waals surface area contributed by atoms with Gasteiger partial charge < -0.3 is 9.73 Å². The number of amides is 1. The molecule has 1 amide bonds. The van der Waals surface area contributed by atoms with E-state index in [0.717, 1.165) is 6.54 Å². The van der Waals surface area contributed by atoms with Gasteiger partial charge in [0.25, 0.3) is 5.91 Å². The number of hydrogen-bond donors (Lipinski definition) is 1. The Morgan fingerprint density at radius 1 is 1.60 bits per heavy atom. The molecule has 0 saturated carbocycles. The molecule has 4 heteroatoms. The summed E-state index contributed by atoms with van der Waals surface area (Å²) in [6.45, 7) is 0.754. The molecule has 1 fully saturated rings. The number of carbonyl (C=O) groups is 1. The van der Waals surface area contributed by atoms with Crippen LogP contribution in [0.3, 0.4) is 0 Å². The van der Waals surface area contributed by atoms with Gasteiger partial charge in [-0.3, -0.25) is 4.79 Å². The standard InChI is InChI=1S/C11H15NO2S/c13-11(10-5-3-6-14-10)12-8-9-4-1-2-7-15-9/h3,5-6,9H,1-2,4,7-8H2,(H,12,13). The lowest BCUT2D eigenvalue weighted by Gasteiger charge is -2.21. The Bertz CT molecular complexity index is 304. The van der Waals surface area contributed by atoms with E-state index in [0.29, 0.717) is 11.0 Å². The largest absolute Gasteiger partial charge is 0.459 e. The summed E-state index contributed by atoms with van der Waals surface area (Å²) in [5, 5.41) is 3.48. The van der Waals surface area contributed by atoms with Crippen molar-refractivity contribution in [2.75, 3.05) is 12.3 Å². The molecule has 1 aliphatic heterocycles. The predicted octanol–water partition coefficient (Wildman–Crippen LogP) is 2.30. The van der Waals surface area contributed by atoms with E-state index in [1.165, 1.54) is 31.3 Å². The first-order chi connectivity index (χ1) is 7.36. The summed E-state index contributed by atoms with van der Waals surface area (Å²) in [7, 11) is 0. The Balaban J connectivity index is 1.75. The lowest BCUT2D eigenvalue weighted by Crippen LogP contribution is -2.31. The fourth-order valence-corrected chi connectivity index (χ4v) is 2.91. The third-order valence-electron chi connectivity index (χ3n) is 2.51. The molecule has 3 nitrogen and oxygen atoms in total. The maximum Gasteiger partial charge on any atom is 0.287 e. The van der Waals surface area contributed by atoms with Crippen LogP contribution in [0.4, 0.5) is 0 Å². The number of rotatable bonds is 3. The fraction of sp³-hybridized carbons (Fsp3) is 0.545. The van der Waals surface area contributed by atoms with Gasteiger partial charge >= 0.3 is 0 Å². The highest BCUT2D eigenvalue weighted by atomic mass is 32.2. The SMILES string of the molecule is O=C(NCC1CCCCS1)c1ccco1. The minimum absolute atomic E-state index is 0.105. The Kier molecular flexibility index (Phi) is 3.72. The van der Waals surface area contributed by atoms with Crippen LogP contribution < -0.4 is 5.32 Å². The summed E-state index contributed by atoms with van der Waals surface area (Å²) in [6, 6.07) is 3.41. The molecule has 1 aromatic heterocycles. The fourth-order valence-electron chi connectivity index (χ4n) is 1.67. The van der Waals surface area contributed by atoms with E-state index in [1.807, 2.05) is 11.8 Å². The van der Waals surface area contributed by atoms with E-state index in [2.05, 4.69) is 5.32 Å². The predicted molar refractivity (Wildman–Crippen MR) is 61.1 cm³/mol. The minimum Gasteiger partial charge on any atom is -0.459 e. The van der Waals surface area contributed by atoms with Gasteiger partial charge in [0.15, 0.2) is 5.76 Å². The van der Waals surface area contributed by atoms with Crippen LogP contribution in [0.1, 0.15) is 29.8 Å². The number of furan rings is 1. The van der Waals surface area contributed by atoms with Crippen LogP contribution in [0.5, 0.6) is 0 Å². The van der Waals surface area contributed by atoms with Crippen molar-refractivity contribution < 1.29 is 9.21 Å². The van der Waals surface area contributed by atoms with E-state index in [9.17, 15) is 4.79 Å². The lowest BCUT2D eigenvalue weighted by atomic mass is 10.2. The summed E-state index contributed by atoms with van der Waals surface area (Å²) in [6.07, 6.45) is 5.33. The highest BCUT2D eigenvalue weighted by Gasteiger charge is 2.15. The minimum atomic E-state index is -0.105. The molecule has 82 valence electrons. The smallest absolute Gasteiger partial charge is 0.287 e. The number of thioether (sulfide) groups is 1. The Morgan fingerprint density at radius 2 is 2.53 bits per heavy atom. The van der Waals surface area contributed by atoms with Gasteiger partial charge in [0, 0.05) is 11.8 Å². The Morgan fingerprint density at radius 3 is 3.20 bits per heavy atom. The van der Waals surface area contributed by atoms with Crippen LogP contribution in [-0.2, 0) is 0 Å². The third kappa shape index (κ3) is 3.02. The summed E-state index contributed by atoms with van der Waals surface area (Å²) in [4.78, 5) is 11.5. The zero-order valence-corrected chi connectivity index (χ0v) is 9.39. The molecule has 2 heterocycles. The monoisotopic (exact) mass is 225 g/mol. The van der Waals surface area contributed by atoms with Crippen molar-refractivity contribution >= 4 is 17.7 Å². The molecule has 1 saturated heterocycles. The van der Waals surface area contributed by atoms with Gasteiger partial charge in [0.2, 0.25) is 0 Å². The molecule has 1 N–H and O–H groups in total. The highest BCUT2D eigenvalue weighted by Crippen LogP contribution is 2.24. The van der Waals surface area contributed by atoms with Crippen LogP contribution in [0, 0.1) is 0 Å². The molecular weight excluding hydrogens is 210 g/mol. The van der Waals surface area contributed by atoms with Crippen molar-refractivity contribution in [3.05, 3.63) is 24.2 Å². The summed E-state index contributed by atoms with van der Waals surface area (Å²) in [5.41, 5.74) is 0. The van der Waals surface area contributed by atoms with Crippen molar-refractivity contribution in [1.29, 1.82) is 0 Å². The first-order valence-corrected chi connectivity index (χ1v) is 6.34. The zero-order chi connectivity index (χ0) is 10.5. The molecule has 0 aromatic carbocycles. The number of carbonyl (C=O) groups excluding carboxylic acids is 1. The topological polar surface area (TPSA) is 42.2 Å². The van der Waals surface area contributed by atoms with E-state index in [1.54, 1.807) is 12.1 Å². The second-order valence-electron chi connectivity index (χ2n) is 3.68. The quantitative estimate of drug-likeness (QED) is 0.858. The van der Waals surface area contributed by atoms with Crippen LogP contribution in [0.25, 0.3) is 0 Å². The van der Waals surface area contributed by atoms with Crippen LogP contribution in [-0.4, -0.2) is 23.5 Å². The maximum absolute atomic E-state index is 11.5. The first-order valence-electron chi connectivity index (χ1n) is 5.29. The van der Waals surface area contributed by atoms with Gasteiger partial charge in [0.05, 0.1) is 6.26 Å². The summed E-state index contributed by atoms with van der Waals surface area (Å²) < 4.78 is 5.02. The van der Waals surface area contributed by atoms with Gasteiger partial charge in [-0.2, -0.15) is 11.8 Å². The molecule has 1 aromatic rings. The van der Waals surface area contributed by atoms with Gasteiger partial charge in [-0.05, 0) is 30.7 Å². The zero-order valence-electron chi connectivity index (χ0n) is 8.57. The van der Waals surface area contributed by atoms with Crippen molar-refractivity contribution in [3.63, 3.8) is 0 Å². The molecule has 0 bridgehead atoms. The van der Waals surface area contributed by atoms with Crippen LogP contribution >= 0.6 is 11.8 Å². The maximum atomic E-state index is 11.5. The number of nitrogens with one attached hydrogen (secondary N) is 1. The second-order valence-corrected chi connectivity index (χ2v) is 5.08. The second kappa shape index (κ2) is 5.26. The average Bonchev–Trinajstić information content (AvgIpc) is 2.81. The van der Waals surface area contributed by atoms with E-state index >= 15 is 0 Å². The Labute approximate surface area is 93.6 Å². The van der Waals surface area contributed by atoms with E-state index in [-0.39, 0.29) is 5.91 Å². The molecule has 2 rings (SSSR count). The van der Waals surface area contributed by atoms with Crippen LogP contribution in [0.2, 0.25) is 0 Å². The van der Waals surface area contributed by atoms with Gasteiger partial charge in [-0.25, -0.2) is 0 Å².